The van der Waals surface area contributed by atoms with Crippen molar-refractivity contribution in [2.45, 2.75) is 40.5 Å². The van der Waals surface area contributed by atoms with E-state index in [9.17, 15) is 0 Å². The molecule has 0 nitrogen and oxygen atoms in total. The molecular formula is C10H19. The SMILES string of the molecule is CC1[CH]C(C)(C)CCC1C. The minimum Gasteiger partial charge on any atom is -0.0622 e. The molecule has 1 fully saturated rings. The highest BCUT2D eigenvalue weighted by atomic mass is 14.3. The molecule has 0 amide bonds. The summed E-state index contributed by atoms with van der Waals surface area (Å²) in [6, 6.07) is 0. The fourth-order valence-electron chi connectivity index (χ4n) is 1.82. The second-order valence-electron chi connectivity index (χ2n) is 4.53. The molecule has 1 saturated carbocycles. The molecule has 1 aliphatic rings. The summed E-state index contributed by atoms with van der Waals surface area (Å²) in [5.41, 5.74) is 0.506. The molecule has 0 aromatic carbocycles. The number of hydrogen-bond donors (Lipinski definition) is 0. The van der Waals surface area contributed by atoms with Crippen molar-refractivity contribution in [2.75, 3.05) is 0 Å². The third-order valence-corrected chi connectivity index (χ3v) is 2.86. The minimum absolute atomic E-state index is 0.506. The van der Waals surface area contributed by atoms with E-state index >= 15 is 0 Å². The van der Waals surface area contributed by atoms with E-state index in [1.165, 1.54) is 12.8 Å². The molecule has 0 heteroatoms. The molecule has 0 saturated heterocycles. The standard InChI is InChI=1S/C10H19/c1-8-5-6-10(3,4)7-9(8)2/h7-9H,5-6H2,1-4H3. The molecule has 0 spiro atoms. The molecule has 1 aliphatic carbocycles. The highest BCUT2D eigenvalue weighted by molar-refractivity contribution is 4.95. The van der Waals surface area contributed by atoms with Crippen LogP contribution in [0.3, 0.4) is 0 Å². The summed E-state index contributed by atoms with van der Waals surface area (Å²) >= 11 is 0. The predicted molar refractivity (Wildman–Crippen MR) is 45.6 cm³/mol. The van der Waals surface area contributed by atoms with Crippen LogP contribution in [0.5, 0.6) is 0 Å². The summed E-state index contributed by atoms with van der Waals surface area (Å²) in [7, 11) is 0. The topological polar surface area (TPSA) is 0 Å². The Hall–Kier alpha value is 0. The van der Waals surface area contributed by atoms with Gasteiger partial charge in [0.1, 0.15) is 0 Å². The fourth-order valence-corrected chi connectivity index (χ4v) is 1.82. The van der Waals surface area contributed by atoms with E-state index in [1.807, 2.05) is 0 Å². The van der Waals surface area contributed by atoms with Gasteiger partial charge in [0, 0.05) is 0 Å². The largest absolute Gasteiger partial charge is 0.0622 e. The van der Waals surface area contributed by atoms with Crippen LogP contribution in [0.4, 0.5) is 0 Å². The van der Waals surface area contributed by atoms with Crippen LogP contribution in [0.2, 0.25) is 0 Å². The maximum Gasteiger partial charge on any atom is -0.0298 e. The van der Waals surface area contributed by atoms with Crippen LogP contribution < -0.4 is 0 Å². The van der Waals surface area contributed by atoms with Crippen molar-refractivity contribution in [2.24, 2.45) is 17.3 Å². The first-order chi connectivity index (χ1) is 4.51. The second kappa shape index (κ2) is 2.56. The highest BCUT2D eigenvalue weighted by Crippen LogP contribution is 2.40. The molecule has 0 bridgehead atoms. The van der Waals surface area contributed by atoms with Crippen molar-refractivity contribution in [3.05, 3.63) is 6.42 Å². The third kappa shape index (κ3) is 1.74. The predicted octanol–water partition coefficient (Wildman–Crippen LogP) is 3.28. The van der Waals surface area contributed by atoms with Gasteiger partial charge in [0.25, 0.3) is 0 Å². The van der Waals surface area contributed by atoms with Crippen molar-refractivity contribution in [3.63, 3.8) is 0 Å². The van der Waals surface area contributed by atoms with Gasteiger partial charge in [-0.25, -0.2) is 0 Å². The van der Waals surface area contributed by atoms with Gasteiger partial charge < -0.3 is 0 Å². The summed E-state index contributed by atoms with van der Waals surface area (Å²) in [6.45, 7) is 9.38. The minimum atomic E-state index is 0.506. The Kier molecular flexibility index (Phi) is 2.07. The van der Waals surface area contributed by atoms with Gasteiger partial charge in [-0.3, -0.25) is 0 Å². The van der Waals surface area contributed by atoms with Crippen LogP contribution in [0, 0.1) is 23.7 Å². The lowest BCUT2D eigenvalue weighted by Gasteiger charge is -2.37. The summed E-state index contributed by atoms with van der Waals surface area (Å²) in [4.78, 5) is 0. The zero-order valence-electron chi connectivity index (χ0n) is 7.65. The van der Waals surface area contributed by atoms with Gasteiger partial charge in [0.15, 0.2) is 0 Å². The molecular weight excluding hydrogens is 120 g/mol. The van der Waals surface area contributed by atoms with E-state index in [4.69, 9.17) is 0 Å². The summed E-state index contributed by atoms with van der Waals surface area (Å²) in [5.74, 6) is 1.73. The molecule has 0 N–H and O–H groups in total. The monoisotopic (exact) mass is 139 g/mol. The average Bonchev–Trinajstić information content (AvgIpc) is 1.79. The van der Waals surface area contributed by atoms with Crippen molar-refractivity contribution >= 4 is 0 Å². The lowest BCUT2D eigenvalue weighted by molar-refractivity contribution is 0.218. The Balaban J connectivity index is 2.49. The third-order valence-electron chi connectivity index (χ3n) is 2.86. The Morgan fingerprint density at radius 1 is 1.30 bits per heavy atom. The average molecular weight is 139 g/mol. The van der Waals surface area contributed by atoms with Crippen LogP contribution in [0.1, 0.15) is 40.5 Å². The Bertz CT molecular complexity index is 113. The zero-order valence-corrected chi connectivity index (χ0v) is 7.65. The summed E-state index contributed by atoms with van der Waals surface area (Å²) in [6.07, 6.45) is 5.30. The van der Waals surface area contributed by atoms with E-state index in [0.717, 1.165) is 11.8 Å². The van der Waals surface area contributed by atoms with Crippen molar-refractivity contribution < 1.29 is 0 Å². The van der Waals surface area contributed by atoms with Gasteiger partial charge in [-0.2, -0.15) is 0 Å². The van der Waals surface area contributed by atoms with Crippen LogP contribution in [-0.2, 0) is 0 Å². The fraction of sp³-hybridized carbons (Fsp3) is 0.900. The van der Waals surface area contributed by atoms with E-state index in [2.05, 4.69) is 34.1 Å². The molecule has 0 heterocycles. The normalized spacial score (nSPS) is 39.6. The first kappa shape index (κ1) is 8.10. The second-order valence-corrected chi connectivity index (χ2v) is 4.53. The highest BCUT2D eigenvalue weighted by Gasteiger charge is 2.29. The molecule has 0 aliphatic heterocycles. The lowest BCUT2D eigenvalue weighted by atomic mass is 9.68. The number of rotatable bonds is 0. The first-order valence-electron chi connectivity index (χ1n) is 4.37. The lowest BCUT2D eigenvalue weighted by Crippen LogP contribution is -2.27. The van der Waals surface area contributed by atoms with Gasteiger partial charge in [0.05, 0.1) is 0 Å². The van der Waals surface area contributed by atoms with Gasteiger partial charge >= 0.3 is 0 Å². The molecule has 59 valence electrons. The van der Waals surface area contributed by atoms with E-state index in [0.29, 0.717) is 5.41 Å². The molecule has 1 rings (SSSR count). The van der Waals surface area contributed by atoms with E-state index in [-0.39, 0.29) is 0 Å². The first-order valence-corrected chi connectivity index (χ1v) is 4.37. The Morgan fingerprint density at radius 2 is 1.90 bits per heavy atom. The van der Waals surface area contributed by atoms with Gasteiger partial charge in [0.2, 0.25) is 0 Å². The molecule has 2 atom stereocenters. The molecule has 1 radical (unpaired) electrons. The van der Waals surface area contributed by atoms with Gasteiger partial charge in [-0.1, -0.05) is 27.7 Å². The van der Waals surface area contributed by atoms with E-state index in [1.54, 1.807) is 0 Å². The quantitative estimate of drug-likeness (QED) is 0.483. The van der Waals surface area contributed by atoms with Crippen molar-refractivity contribution in [1.29, 1.82) is 0 Å². The molecule has 10 heavy (non-hydrogen) atoms. The van der Waals surface area contributed by atoms with Crippen LogP contribution in [-0.4, -0.2) is 0 Å². The Labute approximate surface area is 65.0 Å². The molecule has 0 aromatic rings. The molecule has 2 unspecified atom stereocenters. The summed E-state index contributed by atoms with van der Waals surface area (Å²) < 4.78 is 0. The van der Waals surface area contributed by atoms with Crippen LogP contribution in [0.25, 0.3) is 0 Å². The van der Waals surface area contributed by atoms with Crippen molar-refractivity contribution in [3.8, 4) is 0 Å². The smallest absolute Gasteiger partial charge is 0.0298 e. The van der Waals surface area contributed by atoms with Gasteiger partial charge in [-0.15, -0.1) is 0 Å². The maximum absolute atomic E-state index is 2.52. The summed E-state index contributed by atoms with van der Waals surface area (Å²) in [5, 5.41) is 0. The van der Waals surface area contributed by atoms with Crippen LogP contribution in [0.15, 0.2) is 0 Å². The van der Waals surface area contributed by atoms with E-state index < -0.39 is 0 Å². The van der Waals surface area contributed by atoms with Gasteiger partial charge in [-0.05, 0) is 36.5 Å². The Morgan fingerprint density at radius 3 is 2.30 bits per heavy atom. The molecule has 0 aromatic heterocycles. The van der Waals surface area contributed by atoms with Crippen molar-refractivity contribution in [1.82, 2.24) is 0 Å². The number of hydrogen-bond acceptors (Lipinski definition) is 0. The maximum atomic E-state index is 2.52. The van der Waals surface area contributed by atoms with Crippen LogP contribution >= 0.6 is 0 Å². The zero-order chi connectivity index (χ0) is 7.78.